The number of aryl methyl sites for hydroxylation is 2. The summed E-state index contributed by atoms with van der Waals surface area (Å²) in [6.45, 7) is 4.17. The van der Waals surface area contributed by atoms with Crippen molar-refractivity contribution in [3.8, 4) is 0 Å². The lowest BCUT2D eigenvalue weighted by molar-refractivity contribution is 0.200. The molecule has 0 aliphatic carbocycles. The van der Waals surface area contributed by atoms with Gasteiger partial charge in [-0.15, -0.1) is 11.8 Å². The molecule has 19 heavy (non-hydrogen) atoms. The van der Waals surface area contributed by atoms with Crippen molar-refractivity contribution in [3.05, 3.63) is 65.2 Å². The summed E-state index contributed by atoms with van der Waals surface area (Å²) in [5.41, 5.74) is 3.72. The van der Waals surface area contributed by atoms with Gasteiger partial charge in [0.1, 0.15) is 0 Å². The minimum Gasteiger partial charge on any atom is -0.392 e. The topological polar surface area (TPSA) is 20.2 Å². The van der Waals surface area contributed by atoms with Crippen LogP contribution in [0.3, 0.4) is 0 Å². The van der Waals surface area contributed by atoms with E-state index in [1.807, 2.05) is 0 Å². The minimum absolute atomic E-state index is 0.298. The number of hydrogen-bond donors (Lipinski definition) is 1. The lowest BCUT2D eigenvalue weighted by atomic mass is 10.1. The van der Waals surface area contributed by atoms with Gasteiger partial charge in [0.25, 0.3) is 0 Å². The van der Waals surface area contributed by atoms with E-state index in [0.29, 0.717) is 0 Å². The highest BCUT2D eigenvalue weighted by Gasteiger charge is 2.06. The van der Waals surface area contributed by atoms with E-state index >= 15 is 0 Å². The van der Waals surface area contributed by atoms with Crippen LogP contribution in [-0.4, -0.2) is 17.0 Å². The molecule has 0 aromatic heterocycles. The van der Waals surface area contributed by atoms with Gasteiger partial charge in [-0.25, -0.2) is 0 Å². The average Bonchev–Trinajstić information content (AvgIpc) is 2.39. The molecule has 2 aromatic carbocycles. The monoisotopic (exact) mass is 272 g/mol. The summed E-state index contributed by atoms with van der Waals surface area (Å²) in [4.78, 5) is 1.22. The number of aliphatic hydroxyl groups excluding tert-OH is 1. The molecule has 1 unspecified atom stereocenters. The molecular formula is C17H20OS. The van der Waals surface area contributed by atoms with E-state index in [9.17, 15) is 5.11 Å². The van der Waals surface area contributed by atoms with Crippen LogP contribution in [-0.2, 0) is 6.42 Å². The van der Waals surface area contributed by atoms with E-state index < -0.39 is 0 Å². The maximum Gasteiger partial charge on any atom is 0.0674 e. The van der Waals surface area contributed by atoms with Crippen molar-refractivity contribution in [2.45, 2.75) is 31.3 Å². The van der Waals surface area contributed by atoms with Crippen molar-refractivity contribution in [1.29, 1.82) is 0 Å². The zero-order valence-corrected chi connectivity index (χ0v) is 12.3. The molecule has 2 aromatic rings. The first-order valence-electron chi connectivity index (χ1n) is 6.56. The molecule has 0 amide bonds. The summed E-state index contributed by atoms with van der Waals surface area (Å²) >= 11 is 1.72. The van der Waals surface area contributed by atoms with Gasteiger partial charge in [0.15, 0.2) is 0 Å². The van der Waals surface area contributed by atoms with E-state index in [1.54, 1.807) is 11.8 Å². The molecule has 0 spiro atoms. The Kier molecular flexibility index (Phi) is 5.06. The van der Waals surface area contributed by atoms with Crippen LogP contribution < -0.4 is 0 Å². The molecule has 0 saturated carbocycles. The molecule has 2 heteroatoms. The fourth-order valence-corrected chi connectivity index (χ4v) is 2.90. The maximum atomic E-state index is 10.1. The summed E-state index contributed by atoms with van der Waals surface area (Å²) in [5.74, 6) is 0.733. The van der Waals surface area contributed by atoms with Gasteiger partial charge < -0.3 is 5.11 Å². The lowest BCUT2D eigenvalue weighted by Gasteiger charge is -2.11. The fourth-order valence-electron chi connectivity index (χ4n) is 1.95. The molecule has 0 saturated heterocycles. The predicted molar refractivity (Wildman–Crippen MR) is 82.8 cm³/mol. The first-order chi connectivity index (χ1) is 9.13. The van der Waals surface area contributed by atoms with Crippen molar-refractivity contribution < 1.29 is 5.11 Å². The number of rotatable bonds is 5. The predicted octanol–water partition coefficient (Wildman–Crippen LogP) is 4.00. The standard InChI is InChI=1S/C17H20OS/c1-13-6-8-15(9-7-13)11-16(18)12-19-17-5-3-4-14(2)10-17/h3-10,16,18H,11-12H2,1-2H3. The number of hydrogen-bond acceptors (Lipinski definition) is 2. The Labute approximate surface area is 119 Å². The van der Waals surface area contributed by atoms with E-state index in [0.717, 1.165) is 12.2 Å². The smallest absolute Gasteiger partial charge is 0.0674 e. The van der Waals surface area contributed by atoms with Gasteiger partial charge in [0.05, 0.1) is 6.10 Å². The first-order valence-corrected chi connectivity index (χ1v) is 7.55. The van der Waals surface area contributed by atoms with Gasteiger partial charge in [0, 0.05) is 10.6 Å². The zero-order chi connectivity index (χ0) is 13.7. The van der Waals surface area contributed by atoms with Gasteiger partial charge in [-0.1, -0.05) is 47.5 Å². The highest BCUT2D eigenvalue weighted by molar-refractivity contribution is 7.99. The van der Waals surface area contributed by atoms with Gasteiger partial charge in [0.2, 0.25) is 0 Å². The Hall–Kier alpha value is -1.25. The largest absolute Gasteiger partial charge is 0.392 e. The van der Waals surface area contributed by atoms with Crippen molar-refractivity contribution in [2.24, 2.45) is 0 Å². The van der Waals surface area contributed by atoms with Crippen molar-refractivity contribution in [2.75, 3.05) is 5.75 Å². The molecule has 0 bridgehead atoms. The summed E-state index contributed by atoms with van der Waals surface area (Å²) in [7, 11) is 0. The first kappa shape index (κ1) is 14.2. The van der Waals surface area contributed by atoms with Gasteiger partial charge in [-0.05, 0) is 38.0 Å². The van der Waals surface area contributed by atoms with E-state index in [1.165, 1.54) is 21.6 Å². The molecule has 0 aliphatic heterocycles. The second-order valence-electron chi connectivity index (χ2n) is 4.97. The third kappa shape index (κ3) is 4.73. The van der Waals surface area contributed by atoms with Crippen LogP contribution in [0.4, 0.5) is 0 Å². The normalized spacial score (nSPS) is 12.4. The molecule has 1 nitrogen and oxygen atoms in total. The number of benzene rings is 2. The summed E-state index contributed by atoms with van der Waals surface area (Å²) < 4.78 is 0. The molecule has 2 rings (SSSR count). The Bertz CT molecular complexity index is 519. The minimum atomic E-state index is -0.298. The van der Waals surface area contributed by atoms with Crippen molar-refractivity contribution in [1.82, 2.24) is 0 Å². The highest BCUT2D eigenvalue weighted by Crippen LogP contribution is 2.20. The second-order valence-corrected chi connectivity index (χ2v) is 6.06. The van der Waals surface area contributed by atoms with Crippen LogP contribution in [0.5, 0.6) is 0 Å². The Morgan fingerprint density at radius 1 is 1.00 bits per heavy atom. The third-order valence-corrected chi connectivity index (χ3v) is 4.16. The molecule has 1 atom stereocenters. The Morgan fingerprint density at radius 3 is 2.42 bits per heavy atom. The number of thioether (sulfide) groups is 1. The third-order valence-electron chi connectivity index (χ3n) is 3.02. The van der Waals surface area contributed by atoms with Gasteiger partial charge in [-0.3, -0.25) is 0 Å². The van der Waals surface area contributed by atoms with Crippen LogP contribution in [0.25, 0.3) is 0 Å². The number of aliphatic hydroxyl groups is 1. The molecule has 0 aliphatic rings. The Morgan fingerprint density at radius 2 is 1.74 bits per heavy atom. The molecule has 100 valence electrons. The van der Waals surface area contributed by atoms with Crippen LogP contribution in [0.1, 0.15) is 16.7 Å². The fraction of sp³-hybridized carbons (Fsp3) is 0.294. The summed E-state index contributed by atoms with van der Waals surface area (Å²) in [6, 6.07) is 16.8. The van der Waals surface area contributed by atoms with Crippen LogP contribution >= 0.6 is 11.8 Å². The van der Waals surface area contributed by atoms with E-state index in [-0.39, 0.29) is 6.10 Å². The lowest BCUT2D eigenvalue weighted by Crippen LogP contribution is -2.13. The van der Waals surface area contributed by atoms with E-state index in [4.69, 9.17) is 0 Å². The van der Waals surface area contributed by atoms with E-state index in [2.05, 4.69) is 62.4 Å². The van der Waals surface area contributed by atoms with Crippen LogP contribution in [0.2, 0.25) is 0 Å². The molecule has 0 heterocycles. The van der Waals surface area contributed by atoms with Crippen molar-refractivity contribution in [3.63, 3.8) is 0 Å². The van der Waals surface area contributed by atoms with Crippen LogP contribution in [0, 0.1) is 13.8 Å². The molecule has 0 radical (unpaired) electrons. The van der Waals surface area contributed by atoms with Gasteiger partial charge in [-0.2, -0.15) is 0 Å². The second kappa shape index (κ2) is 6.78. The van der Waals surface area contributed by atoms with Crippen LogP contribution in [0.15, 0.2) is 53.4 Å². The zero-order valence-electron chi connectivity index (χ0n) is 11.5. The molecule has 1 N–H and O–H groups in total. The maximum absolute atomic E-state index is 10.1. The molecule has 0 fully saturated rings. The molecular weight excluding hydrogens is 252 g/mol. The van der Waals surface area contributed by atoms with Gasteiger partial charge >= 0.3 is 0 Å². The quantitative estimate of drug-likeness (QED) is 0.830. The summed E-state index contributed by atoms with van der Waals surface area (Å²) in [5, 5.41) is 10.1. The summed E-state index contributed by atoms with van der Waals surface area (Å²) in [6.07, 6.45) is 0.423. The Balaban J connectivity index is 1.84. The highest BCUT2D eigenvalue weighted by atomic mass is 32.2. The average molecular weight is 272 g/mol. The van der Waals surface area contributed by atoms with Crippen molar-refractivity contribution >= 4 is 11.8 Å². The SMILES string of the molecule is Cc1ccc(CC(O)CSc2cccc(C)c2)cc1.